The lowest BCUT2D eigenvalue weighted by Gasteiger charge is -2.08. The van der Waals surface area contributed by atoms with Gasteiger partial charge in [0.15, 0.2) is 0 Å². The van der Waals surface area contributed by atoms with E-state index in [2.05, 4.69) is 5.32 Å². The first-order valence-electron chi connectivity index (χ1n) is 5.90. The number of hydrogen-bond acceptors (Lipinski definition) is 3. The number of carbonyl (C=O) groups excluding carboxylic acids is 1. The van der Waals surface area contributed by atoms with Crippen LogP contribution in [0.1, 0.15) is 30.9 Å². The van der Waals surface area contributed by atoms with Crippen LogP contribution >= 0.6 is 0 Å². The zero-order valence-electron chi connectivity index (χ0n) is 10.0. The Morgan fingerprint density at radius 3 is 3.00 bits per heavy atom. The van der Waals surface area contributed by atoms with Gasteiger partial charge in [-0.25, -0.2) is 0 Å². The molecule has 1 heterocycles. The molecule has 0 bridgehead atoms. The van der Waals surface area contributed by atoms with Crippen molar-refractivity contribution in [3.05, 3.63) is 29.3 Å². The highest BCUT2D eigenvalue weighted by atomic mass is 16.5. The quantitative estimate of drug-likeness (QED) is 0.834. The number of rotatable bonds is 4. The fourth-order valence-electron chi connectivity index (χ4n) is 1.83. The Morgan fingerprint density at radius 2 is 2.24 bits per heavy atom. The minimum absolute atomic E-state index is 0.0150. The Balaban J connectivity index is 1.92. The maximum atomic E-state index is 11.6. The normalized spacial score (nSPS) is 15.4. The van der Waals surface area contributed by atoms with Crippen molar-refractivity contribution in [2.24, 2.45) is 5.73 Å². The Morgan fingerprint density at radius 1 is 1.47 bits per heavy atom. The van der Waals surface area contributed by atoms with Crippen LogP contribution in [0.3, 0.4) is 0 Å². The Bertz CT molecular complexity index is 416. The van der Waals surface area contributed by atoms with Crippen molar-refractivity contribution in [2.75, 3.05) is 5.32 Å². The van der Waals surface area contributed by atoms with Crippen LogP contribution in [0.2, 0.25) is 0 Å². The minimum atomic E-state index is 0.0150. The summed E-state index contributed by atoms with van der Waals surface area (Å²) in [6.07, 6.45) is 1.17. The summed E-state index contributed by atoms with van der Waals surface area (Å²) in [5.41, 5.74) is 8.82. The highest BCUT2D eigenvalue weighted by Gasteiger charge is 2.12. The fourth-order valence-corrected chi connectivity index (χ4v) is 1.83. The van der Waals surface area contributed by atoms with Crippen molar-refractivity contribution in [1.29, 1.82) is 0 Å². The van der Waals surface area contributed by atoms with E-state index < -0.39 is 0 Å². The van der Waals surface area contributed by atoms with Crippen molar-refractivity contribution in [2.45, 2.75) is 39.0 Å². The zero-order valence-corrected chi connectivity index (χ0v) is 10.0. The van der Waals surface area contributed by atoms with Crippen molar-refractivity contribution in [3.8, 4) is 0 Å². The van der Waals surface area contributed by atoms with Crippen molar-refractivity contribution >= 4 is 11.6 Å². The summed E-state index contributed by atoms with van der Waals surface area (Å²) in [5.74, 6) is 0.0150. The van der Waals surface area contributed by atoms with Gasteiger partial charge in [-0.05, 0) is 36.6 Å². The molecule has 1 aliphatic heterocycles. The van der Waals surface area contributed by atoms with Crippen molar-refractivity contribution < 1.29 is 9.53 Å². The monoisotopic (exact) mass is 234 g/mol. The largest absolute Gasteiger partial charge is 0.372 e. The molecule has 1 aromatic carbocycles. The van der Waals surface area contributed by atoms with Crippen LogP contribution in [0.25, 0.3) is 0 Å². The van der Waals surface area contributed by atoms with E-state index in [1.54, 1.807) is 0 Å². The van der Waals surface area contributed by atoms with Crippen LogP contribution in [0.15, 0.2) is 18.2 Å². The number of fused-ring (bicyclic) bond motifs is 1. The lowest BCUT2D eigenvalue weighted by Crippen LogP contribution is -2.19. The summed E-state index contributed by atoms with van der Waals surface area (Å²) in [5, 5.41) is 2.88. The average molecular weight is 234 g/mol. The number of benzene rings is 1. The third-order valence-electron chi connectivity index (χ3n) is 2.83. The first-order valence-corrected chi connectivity index (χ1v) is 5.90. The second kappa shape index (κ2) is 5.29. The second-order valence-corrected chi connectivity index (χ2v) is 4.54. The van der Waals surface area contributed by atoms with Gasteiger partial charge in [0.1, 0.15) is 0 Å². The molecule has 1 atom stereocenters. The SMILES string of the molecule is CC(N)CCC(=O)Nc1ccc2c(c1)COC2. The van der Waals surface area contributed by atoms with Gasteiger partial charge in [0.05, 0.1) is 13.2 Å². The number of anilines is 1. The van der Waals surface area contributed by atoms with E-state index >= 15 is 0 Å². The van der Waals surface area contributed by atoms with Crippen LogP contribution in [0, 0.1) is 0 Å². The second-order valence-electron chi connectivity index (χ2n) is 4.54. The molecule has 3 N–H and O–H groups in total. The number of carbonyl (C=O) groups is 1. The first kappa shape index (κ1) is 12.1. The summed E-state index contributed by atoms with van der Waals surface area (Å²) in [7, 11) is 0. The first-order chi connectivity index (χ1) is 8.15. The van der Waals surface area contributed by atoms with E-state index in [0.29, 0.717) is 26.1 Å². The standard InChI is InChI=1S/C13H18N2O2/c1-9(14)2-5-13(16)15-12-4-3-10-7-17-8-11(10)6-12/h3-4,6,9H,2,5,7-8,14H2,1H3,(H,15,16). The predicted molar refractivity (Wildman–Crippen MR) is 66.4 cm³/mol. The van der Waals surface area contributed by atoms with Gasteiger partial charge in [0.25, 0.3) is 0 Å². The molecule has 0 saturated carbocycles. The molecule has 0 aliphatic carbocycles. The zero-order chi connectivity index (χ0) is 12.3. The molecule has 1 unspecified atom stereocenters. The van der Waals surface area contributed by atoms with E-state index in [0.717, 1.165) is 11.3 Å². The lowest BCUT2D eigenvalue weighted by molar-refractivity contribution is -0.116. The third-order valence-corrected chi connectivity index (χ3v) is 2.83. The molecule has 0 aromatic heterocycles. The van der Waals surface area contributed by atoms with E-state index in [-0.39, 0.29) is 11.9 Å². The fraction of sp³-hybridized carbons (Fsp3) is 0.462. The Labute approximate surface area is 101 Å². The van der Waals surface area contributed by atoms with E-state index in [4.69, 9.17) is 10.5 Å². The van der Waals surface area contributed by atoms with Gasteiger partial charge in [0, 0.05) is 18.2 Å². The highest BCUT2D eigenvalue weighted by Crippen LogP contribution is 2.23. The van der Waals surface area contributed by atoms with Gasteiger partial charge in [-0.1, -0.05) is 6.07 Å². The molecule has 4 heteroatoms. The number of hydrogen-bond donors (Lipinski definition) is 2. The van der Waals surface area contributed by atoms with Gasteiger partial charge in [0.2, 0.25) is 5.91 Å². The van der Waals surface area contributed by atoms with Gasteiger partial charge in [-0.2, -0.15) is 0 Å². The number of nitrogens with one attached hydrogen (secondary N) is 1. The molecule has 4 nitrogen and oxygen atoms in total. The van der Waals surface area contributed by atoms with E-state index in [9.17, 15) is 4.79 Å². The van der Waals surface area contributed by atoms with Crippen LogP contribution < -0.4 is 11.1 Å². The van der Waals surface area contributed by atoms with Gasteiger partial charge in [-0.15, -0.1) is 0 Å². The van der Waals surface area contributed by atoms with Crippen LogP contribution in [-0.2, 0) is 22.7 Å². The molecule has 0 fully saturated rings. The Kier molecular flexibility index (Phi) is 3.76. The van der Waals surface area contributed by atoms with Gasteiger partial charge >= 0.3 is 0 Å². The maximum Gasteiger partial charge on any atom is 0.224 e. The average Bonchev–Trinajstić information content (AvgIpc) is 2.73. The van der Waals surface area contributed by atoms with E-state index in [1.807, 2.05) is 25.1 Å². The molecule has 92 valence electrons. The summed E-state index contributed by atoms with van der Waals surface area (Å²) < 4.78 is 5.32. The summed E-state index contributed by atoms with van der Waals surface area (Å²) >= 11 is 0. The molecular weight excluding hydrogens is 216 g/mol. The molecule has 1 amide bonds. The highest BCUT2D eigenvalue weighted by molar-refractivity contribution is 5.90. The van der Waals surface area contributed by atoms with Crippen LogP contribution in [0.5, 0.6) is 0 Å². The molecule has 2 rings (SSSR count). The summed E-state index contributed by atoms with van der Waals surface area (Å²) in [6, 6.07) is 5.96. The van der Waals surface area contributed by atoms with Crippen LogP contribution in [-0.4, -0.2) is 11.9 Å². The molecule has 0 radical (unpaired) electrons. The van der Waals surface area contributed by atoms with Crippen LogP contribution in [0.4, 0.5) is 5.69 Å². The Hall–Kier alpha value is -1.39. The van der Waals surface area contributed by atoms with Crippen molar-refractivity contribution in [3.63, 3.8) is 0 Å². The maximum absolute atomic E-state index is 11.6. The smallest absolute Gasteiger partial charge is 0.224 e. The molecule has 1 aromatic rings. The number of nitrogens with two attached hydrogens (primary N) is 1. The third kappa shape index (κ3) is 3.28. The molecular formula is C13H18N2O2. The number of amides is 1. The molecule has 0 spiro atoms. The molecule has 1 aliphatic rings. The predicted octanol–water partition coefficient (Wildman–Crippen LogP) is 1.78. The molecule has 0 saturated heterocycles. The summed E-state index contributed by atoms with van der Waals surface area (Å²) in [4.78, 5) is 11.6. The lowest BCUT2D eigenvalue weighted by atomic mass is 10.1. The van der Waals surface area contributed by atoms with E-state index in [1.165, 1.54) is 5.56 Å². The van der Waals surface area contributed by atoms with Crippen molar-refractivity contribution in [1.82, 2.24) is 0 Å². The summed E-state index contributed by atoms with van der Waals surface area (Å²) in [6.45, 7) is 3.22. The minimum Gasteiger partial charge on any atom is -0.372 e. The van der Waals surface area contributed by atoms with Gasteiger partial charge in [-0.3, -0.25) is 4.79 Å². The van der Waals surface area contributed by atoms with Gasteiger partial charge < -0.3 is 15.8 Å². The topological polar surface area (TPSA) is 64.4 Å². The number of ether oxygens (including phenoxy) is 1. The molecule has 17 heavy (non-hydrogen) atoms.